The fraction of sp³-hybridized carbons (Fsp3) is 0.562. The summed E-state index contributed by atoms with van der Waals surface area (Å²) in [5, 5.41) is 6.78. The highest BCUT2D eigenvalue weighted by Crippen LogP contribution is 2.53. The van der Waals surface area contributed by atoms with E-state index in [-0.39, 0.29) is 12.1 Å². The number of rotatable bonds is 3. The number of hydrogen-bond donors (Lipinski definition) is 2. The van der Waals surface area contributed by atoms with Crippen molar-refractivity contribution in [2.75, 3.05) is 13.2 Å². The summed E-state index contributed by atoms with van der Waals surface area (Å²) < 4.78 is 5.39. The maximum atomic E-state index is 12.1. The van der Waals surface area contributed by atoms with Gasteiger partial charge in [-0.3, -0.25) is 0 Å². The fourth-order valence-electron chi connectivity index (χ4n) is 3.11. The molecule has 1 unspecified atom stereocenters. The first-order chi connectivity index (χ1) is 10.1. The number of hydrogen-bond acceptors (Lipinski definition) is 2. The third-order valence-electron chi connectivity index (χ3n) is 4.70. The number of urea groups is 1. The van der Waals surface area contributed by atoms with Gasteiger partial charge in [0.25, 0.3) is 0 Å². The van der Waals surface area contributed by atoms with E-state index in [2.05, 4.69) is 10.6 Å². The Morgan fingerprint density at radius 2 is 2.00 bits per heavy atom. The average Bonchev–Trinajstić information content (AvgIpc) is 3.11. The summed E-state index contributed by atoms with van der Waals surface area (Å²) in [5.74, 6) is 0. The van der Waals surface area contributed by atoms with Crippen molar-refractivity contribution in [3.8, 4) is 0 Å². The van der Waals surface area contributed by atoms with Gasteiger partial charge in [0.2, 0.25) is 0 Å². The highest BCUT2D eigenvalue weighted by molar-refractivity contribution is 6.30. The van der Waals surface area contributed by atoms with Gasteiger partial charge in [0.1, 0.15) is 0 Å². The summed E-state index contributed by atoms with van der Waals surface area (Å²) in [4.78, 5) is 12.1. The van der Waals surface area contributed by atoms with Gasteiger partial charge in [-0.1, -0.05) is 23.7 Å². The summed E-state index contributed by atoms with van der Waals surface area (Å²) in [6.07, 6.45) is 3.20. The molecule has 0 radical (unpaired) electrons. The molecule has 0 bridgehead atoms. The lowest BCUT2D eigenvalue weighted by atomic mass is 9.96. The second kappa shape index (κ2) is 5.85. The van der Waals surface area contributed by atoms with Gasteiger partial charge in [-0.25, -0.2) is 4.79 Å². The monoisotopic (exact) mass is 308 g/mol. The molecule has 5 heteroatoms. The average molecular weight is 309 g/mol. The third kappa shape index (κ3) is 3.33. The first-order valence-corrected chi connectivity index (χ1v) is 7.87. The van der Waals surface area contributed by atoms with Crippen LogP contribution in [0.1, 0.15) is 37.8 Å². The molecule has 1 aliphatic heterocycles. The van der Waals surface area contributed by atoms with Crippen LogP contribution in [0.3, 0.4) is 0 Å². The minimum Gasteiger partial charge on any atom is -0.381 e. The summed E-state index contributed by atoms with van der Waals surface area (Å²) in [6.45, 7) is 3.61. The lowest BCUT2D eigenvalue weighted by Crippen LogP contribution is -2.40. The van der Waals surface area contributed by atoms with Crippen LogP contribution in [0.25, 0.3) is 0 Å². The third-order valence-corrected chi connectivity index (χ3v) is 4.95. The molecule has 4 nitrogen and oxygen atoms in total. The van der Waals surface area contributed by atoms with Gasteiger partial charge in [0.05, 0.1) is 6.04 Å². The Kier molecular flexibility index (Phi) is 4.09. The standard InChI is InChI=1S/C16H21ClN2O2/c1-11(12-2-4-13(17)5-3-12)18-15(20)19-14-10-16(14)6-8-21-9-7-16/h2-5,11,14H,6-10H2,1H3,(H2,18,19,20)/t11-,14?/m0/s1. The SMILES string of the molecule is C[C@H](NC(=O)NC1CC12CCOCC2)c1ccc(Cl)cc1. The molecule has 2 aliphatic rings. The van der Waals surface area contributed by atoms with Gasteiger partial charge in [0.15, 0.2) is 0 Å². The van der Waals surface area contributed by atoms with E-state index in [1.165, 1.54) is 0 Å². The van der Waals surface area contributed by atoms with Gasteiger partial charge in [-0.05, 0) is 49.3 Å². The maximum Gasteiger partial charge on any atom is 0.315 e. The van der Waals surface area contributed by atoms with Gasteiger partial charge in [0, 0.05) is 24.3 Å². The largest absolute Gasteiger partial charge is 0.381 e. The van der Waals surface area contributed by atoms with Crippen molar-refractivity contribution in [3.05, 3.63) is 34.9 Å². The number of carbonyl (C=O) groups excluding carboxylic acids is 1. The Hall–Kier alpha value is -1.26. The van der Waals surface area contributed by atoms with E-state index in [4.69, 9.17) is 16.3 Å². The van der Waals surface area contributed by atoms with Crippen LogP contribution in [0, 0.1) is 5.41 Å². The highest BCUT2D eigenvalue weighted by Gasteiger charge is 2.55. The van der Waals surface area contributed by atoms with Crippen molar-refractivity contribution in [3.63, 3.8) is 0 Å². The minimum absolute atomic E-state index is 0.0355. The van der Waals surface area contributed by atoms with Crippen molar-refractivity contribution < 1.29 is 9.53 Å². The van der Waals surface area contributed by atoms with E-state index in [0.29, 0.717) is 16.5 Å². The molecule has 0 aromatic heterocycles. The van der Waals surface area contributed by atoms with Crippen molar-refractivity contribution in [2.45, 2.75) is 38.3 Å². The van der Waals surface area contributed by atoms with Crippen LogP contribution in [0.5, 0.6) is 0 Å². The summed E-state index contributed by atoms with van der Waals surface area (Å²) >= 11 is 5.87. The van der Waals surface area contributed by atoms with Crippen LogP contribution in [0.15, 0.2) is 24.3 Å². The van der Waals surface area contributed by atoms with Crippen LogP contribution in [-0.2, 0) is 4.74 Å². The Morgan fingerprint density at radius 1 is 1.33 bits per heavy atom. The number of halogens is 1. The molecular weight excluding hydrogens is 288 g/mol. The second-order valence-corrected chi connectivity index (χ2v) is 6.56. The van der Waals surface area contributed by atoms with Gasteiger partial charge in [-0.2, -0.15) is 0 Å². The number of benzene rings is 1. The van der Waals surface area contributed by atoms with E-state index in [0.717, 1.165) is 38.0 Å². The molecule has 1 spiro atoms. The first-order valence-electron chi connectivity index (χ1n) is 7.49. The van der Waals surface area contributed by atoms with Crippen LogP contribution in [-0.4, -0.2) is 25.3 Å². The molecule has 3 rings (SSSR count). The first kappa shape index (κ1) is 14.7. The molecule has 1 aliphatic carbocycles. The van der Waals surface area contributed by atoms with Crippen LogP contribution in [0.2, 0.25) is 5.02 Å². The number of amides is 2. The van der Waals surface area contributed by atoms with E-state index in [1.807, 2.05) is 31.2 Å². The summed E-state index contributed by atoms with van der Waals surface area (Å²) in [6, 6.07) is 7.72. The molecule has 114 valence electrons. The predicted octanol–water partition coefficient (Wildman–Crippen LogP) is 3.27. The Labute approximate surface area is 130 Å². The topological polar surface area (TPSA) is 50.4 Å². The van der Waals surface area contributed by atoms with Crippen molar-refractivity contribution in [1.29, 1.82) is 0 Å². The molecule has 1 saturated carbocycles. The zero-order chi connectivity index (χ0) is 14.9. The second-order valence-electron chi connectivity index (χ2n) is 6.12. The quantitative estimate of drug-likeness (QED) is 0.900. The molecular formula is C16H21ClN2O2. The molecule has 21 heavy (non-hydrogen) atoms. The summed E-state index contributed by atoms with van der Waals surface area (Å²) in [5.41, 5.74) is 1.35. The number of ether oxygens (including phenoxy) is 1. The van der Waals surface area contributed by atoms with E-state index >= 15 is 0 Å². The molecule has 2 fully saturated rings. The molecule has 1 aromatic carbocycles. The van der Waals surface area contributed by atoms with Crippen molar-refractivity contribution in [2.24, 2.45) is 5.41 Å². The Morgan fingerprint density at radius 3 is 2.67 bits per heavy atom. The van der Waals surface area contributed by atoms with Gasteiger partial charge >= 0.3 is 6.03 Å². The van der Waals surface area contributed by atoms with Crippen molar-refractivity contribution >= 4 is 17.6 Å². The molecule has 2 N–H and O–H groups in total. The molecule has 1 aromatic rings. The Bertz CT molecular complexity index is 512. The maximum absolute atomic E-state index is 12.1. The zero-order valence-electron chi connectivity index (χ0n) is 12.2. The smallest absolute Gasteiger partial charge is 0.315 e. The molecule has 1 saturated heterocycles. The van der Waals surface area contributed by atoms with Crippen LogP contribution >= 0.6 is 11.6 Å². The van der Waals surface area contributed by atoms with Gasteiger partial charge in [-0.15, -0.1) is 0 Å². The van der Waals surface area contributed by atoms with Crippen LogP contribution in [0.4, 0.5) is 4.79 Å². The molecule has 2 amide bonds. The Balaban J connectivity index is 1.49. The van der Waals surface area contributed by atoms with E-state index in [1.54, 1.807) is 0 Å². The summed E-state index contributed by atoms with van der Waals surface area (Å²) in [7, 11) is 0. The number of carbonyl (C=O) groups is 1. The molecule has 2 atom stereocenters. The van der Waals surface area contributed by atoms with Crippen molar-refractivity contribution in [1.82, 2.24) is 10.6 Å². The molecule has 1 heterocycles. The fourth-order valence-corrected chi connectivity index (χ4v) is 3.24. The minimum atomic E-state index is -0.0918. The lowest BCUT2D eigenvalue weighted by molar-refractivity contribution is 0.0547. The van der Waals surface area contributed by atoms with Gasteiger partial charge < -0.3 is 15.4 Å². The predicted molar refractivity (Wildman–Crippen MR) is 82.4 cm³/mol. The highest BCUT2D eigenvalue weighted by atomic mass is 35.5. The normalized spacial score (nSPS) is 24.4. The lowest BCUT2D eigenvalue weighted by Gasteiger charge is -2.23. The van der Waals surface area contributed by atoms with Crippen LogP contribution < -0.4 is 10.6 Å². The van der Waals surface area contributed by atoms with E-state index < -0.39 is 0 Å². The van der Waals surface area contributed by atoms with E-state index in [9.17, 15) is 4.79 Å². The number of nitrogens with one attached hydrogen (secondary N) is 2. The zero-order valence-corrected chi connectivity index (χ0v) is 13.0.